The Labute approximate surface area is 124 Å². The lowest BCUT2D eigenvalue weighted by atomic mass is 10.1. The second-order valence-corrected chi connectivity index (χ2v) is 5.06. The van der Waals surface area contributed by atoms with Crippen LogP contribution in [-0.4, -0.2) is 9.78 Å². The Hall–Kier alpha value is -1.35. The van der Waals surface area contributed by atoms with Gasteiger partial charge in [-0.25, -0.2) is 9.07 Å². The van der Waals surface area contributed by atoms with Gasteiger partial charge in [0.1, 0.15) is 11.5 Å². The summed E-state index contributed by atoms with van der Waals surface area (Å²) in [7, 11) is 0. The van der Waals surface area contributed by atoms with E-state index >= 15 is 0 Å². The molecule has 108 valence electrons. The molecule has 1 heterocycles. The SMILES string of the molecule is CC.CCc1c(C2CC2)cnn1-c1c(F)cccc1Cl. The van der Waals surface area contributed by atoms with Gasteiger partial charge < -0.3 is 0 Å². The molecule has 1 fully saturated rings. The van der Waals surface area contributed by atoms with Gasteiger partial charge >= 0.3 is 0 Å². The molecule has 1 aromatic heterocycles. The molecule has 0 saturated heterocycles. The Morgan fingerprint density at radius 2 is 2.05 bits per heavy atom. The van der Waals surface area contributed by atoms with Crippen molar-refractivity contribution in [3.63, 3.8) is 0 Å². The van der Waals surface area contributed by atoms with Crippen molar-refractivity contribution < 1.29 is 4.39 Å². The first-order valence-electron chi connectivity index (χ1n) is 7.23. The van der Waals surface area contributed by atoms with Crippen LogP contribution in [0.25, 0.3) is 5.69 Å². The molecule has 0 unspecified atom stereocenters. The monoisotopic (exact) mass is 294 g/mol. The normalized spacial score (nSPS) is 13.8. The summed E-state index contributed by atoms with van der Waals surface area (Å²) < 4.78 is 15.6. The van der Waals surface area contributed by atoms with E-state index in [1.807, 2.05) is 20.0 Å². The molecule has 0 N–H and O–H groups in total. The van der Waals surface area contributed by atoms with E-state index < -0.39 is 0 Å². The van der Waals surface area contributed by atoms with Crippen LogP contribution in [0.4, 0.5) is 4.39 Å². The van der Waals surface area contributed by atoms with Crippen LogP contribution in [0.5, 0.6) is 0 Å². The van der Waals surface area contributed by atoms with Crippen LogP contribution >= 0.6 is 11.6 Å². The number of benzene rings is 1. The van der Waals surface area contributed by atoms with Gasteiger partial charge in [0, 0.05) is 5.69 Å². The third-order valence-corrected chi connectivity index (χ3v) is 3.71. The maximum atomic E-state index is 13.9. The van der Waals surface area contributed by atoms with E-state index in [-0.39, 0.29) is 5.82 Å². The molecule has 0 aliphatic heterocycles. The van der Waals surface area contributed by atoms with Crippen LogP contribution in [0.1, 0.15) is 50.8 Å². The van der Waals surface area contributed by atoms with Crippen molar-refractivity contribution in [1.82, 2.24) is 9.78 Å². The van der Waals surface area contributed by atoms with Crippen LogP contribution in [0.3, 0.4) is 0 Å². The summed E-state index contributed by atoms with van der Waals surface area (Å²) in [6.07, 6.45) is 5.11. The quantitative estimate of drug-likeness (QED) is 0.767. The highest BCUT2D eigenvalue weighted by molar-refractivity contribution is 6.32. The van der Waals surface area contributed by atoms with Gasteiger partial charge in [0.2, 0.25) is 0 Å². The number of aromatic nitrogens is 2. The predicted molar refractivity (Wildman–Crippen MR) is 81.2 cm³/mol. The fourth-order valence-electron chi connectivity index (χ4n) is 2.36. The fourth-order valence-corrected chi connectivity index (χ4v) is 2.60. The van der Waals surface area contributed by atoms with Crippen molar-refractivity contribution in [2.75, 3.05) is 0 Å². The Morgan fingerprint density at radius 1 is 1.35 bits per heavy atom. The number of rotatable bonds is 3. The van der Waals surface area contributed by atoms with Crippen molar-refractivity contribution in [2.24, 2.45) is 0 Å². The average Bonchev–Trinajstić information content (AvgIpc) is 3.22. The standard InChI is InChI=1S/C14H14ClFN2.C2H6/c1-2-13-10(9-6-7-9)8-17-18(13)14-11(15)4-3-5-12(14)16;1-2/h3-5,8-9H,2,6-7H2,1H3;1-2H3. The molecule has 4 heteroatoms. The number of nitrogens with zero attached hydrogens (tertiary/aromatic N) is 2. The number of para-hydroxylation sites is 1. The van der Waals surface area contributed by atoms with Crippen molar-refractivity contribution in [1.29, 1.82) is 0 Å². The molecule has 20 heavy (non-hydrogen) atoms. The van der Waals surface area contributed by atoms with Crippen LogP contribution in [0, 0.1) is 5.82 Å². The van der Waals surface area contributed by atoms with Gasteiger partial charge in [0.05, 0.1) is 11.2 Å². The second-order valence-electron chi connectivity index (χ2n) is 4.66. The molecule has 1 aromatic carbocycles. The first-order chi connectivity index (χ1) is 9.72. The molecule has 1 aliphatic rings. The molecule has 0 amide bonds. The average molecular weight is 295 g/mol. The Kier molecular flexibility index (Phi) is 4.81. The van der Waals surface area contributed by atoms with Crippen molar-refractivity contribution >= 4 is 11.6 Å². The topological polar surface area (TPSA) is 17.8 Å². The maximum absolute atomic E-state index is 13.9. The first kappa shape index (κ1) is 15.0. The molecule has 0 bridgehead atoms. The van der Waals surface area contributed by atoms with Crippen LogP contribution in [0.2, 0.25) is 5.02 Å². The van der Waals surface area contributed by atoms with Crippen LogP contribution in [0.15, 0.2) is 24.4 Å². The smallest absolute Gasteiger partial charge is 0.150 e. The molecular weight excluding hydrogens is 275 g/mol. The molecule has 2 aromatic rings. The first-order valence-corrected chi connectivity index (χ1v) is 7.61. The van der Waals surface area contributed by atoms with E-state index in [9.17, 15) is 4.39 Å². The van der Waals surface area contributed by atoms with E-state index in [0.29, 0.717) is 16.6 Å². The van der Waals surface area contributed by atoms with Gasteiger partial charge in [-0.1, -0.05) is 38.4 Å². The molecule has 0 spiro atoms. The highest BCUT2D eigenvalue weighted by Gasteiger charge is 2.29. The zero-order valence-electron chi connectivity index (χ0n) is 12.2. The fraction of sp³-hybridized carbons (Fsp3) is 0.438. The summed E-state index contributed by atoms with van der Waals surface area (Å²) in [6.45, 7) is 6.06. The van der Waals surface area contributed by atoms with Gasteiger partial charge in [-0.05, 0) is 42.9 Å². The van der Waals surface area contributed by atoms with Crippen LogP contribution < -0.4 is 0 Å². The highest BCUT2D eigenvalue weighted by Crippen LogP contribution is 2.42. The van der Waals surface area contributed by atoms with Gasteiger partial charge in [-0.3, -0.25) is 0 Å². The summed E-state index contributed by atoms with van der Waals surface area (Å²) in [5, 5.41) is 4.73. The molecular formula is C16H20ClFN2. The predicted octanol–water partition coefficient (Wildman–Crippen LogP) is 5.13. The Morgan fingerprint density at radius 3 is 2.60 bits per heavy atom. The van der Waals surface area contributed by atoms with Crippen molar-refractivity contribution in [3.8, 4) is 5.69 Å². The van der Waals surface area contributed by atoms with Gasteiger partial charge in [-0.15, -0.1) is 0 Å². The largest absolute Gasteiger partial charge is 0.233 e. The molecule has 0 atom stereocenters. The summed E-state index contributed by atoms with van der Waals surface area (Å²) in [4.78, 5) is 0. The molecule has 0 radical (unpaired) electrons. The summed E-state index contributed by atoms with van der Waals surface area (Å²) >= 11 is 6.10. The van der Waals surface area contributed by atoms with Crippen molar-refractivity contribution in [3.05, 3.63) is 46.5 Å². The summed E-state index contributed by atoms with van der Waals surface area (Å²) in [5.41, 5.74) is 2.68. The van der Waals surface area contributed by atoms with Gasteiger partial charge in [0.15, 0.2) is 0 Å². The lowest BCUT2D eigenvalue weighted by molar-refractivity contribution is 0.607. The minimum absolute atomic E-state index is 0.331. The zero-order chi connectivity index (χ0) is 14.7. The Bertz CT molecular complexity index is 568. The molecule has 2 nitrogen and oxygen atoms in total. The van der Waals surface area contributed by atoms with Crippen molar-refractivity contribution in [2.45, 2.75) is 46.0 Å². The lowest BCUT2D eigenvalue weighted by Gasteiger charge is -2.10. The third kappa shape index (κ3) is 2.73. The summed E-state index contributed by atoms with van der Waals surface area (Å²) in [6, 6.07) is 4.72. The second kappa shape index (κ2) is 6.40. The van der Waals surface area contributed by atoms with E-state index in [0.717, 1.165) is 12.1 Å². The van der Waals surface area contributed by atoms with Gasteiger partial charge in [-0.2, -0.15) is 5.10 Å². The number of halogens is 2. The van der Waals surface area contributed by atoms with E-state index in [4.69, 9.17) is 11.6 Å². The minimum atomic E-state index is -0.331. The van der Waals surface area contributed by atoms with E-state index in [1.54, 1.807) is 16.8 Å². The van der Waals surface area contributed by atoms with E-state index in [1.165, 1.54) is 24.5 Å². The molecule has 1 aliphatic carbocycles. The molecule has 3 rings (SSSR count). The van der Waals surface area contributed by atoms with E-state index in [2.05, 4.69) is 12.0 Å². The molecule has 1 saturated carbocycles. The highest BCUT2D eigenvalue weighted by atomic mass is 35.5. The Balaban J connectivity index is 0.000000704. The maximum Gasteiger partial charge on any atom is 0.150 e. The number of hydrogen-bond donors (Lipinski definition) is 0. The minimum Gasteiger partial charge on any atom is -0.233 e. The third-order valence-electron chi connectivity index (χ3n) is 3.40. The lowest BCUT2D eigenvalue weighted by Crippen LogP contribution is -2.05. The summed E-state index contributed by atoms with van der Waals surface area (Å²) in [5.74, 6) is 0.280. The zero-order valence-corrected chi connectivity index (χ0v) is 12.9. The van der Waals surface area contributed by atoms with Gasteiger partial charge in [0.25, 0.3) is 0 Å². The van der Waals surface area contributed by atoms with Crippen LogP contribution in [-0.2, 0) is 6.42 Å². The number of hydrogen-bond acceptors (Lipinski definition) is 1.